The van der Waals surface area contributed by atoms with Crippen molar-refractivity contribution in [2.45, 2.75) is 350 Å². The molecule has 502 valence electrons. The van der Waals surface area contributed by atoms with Gasteiger partial charge in [0.2, 0.25) is 12.6 Å². The van der Waals surface area contributed by atoms with Gasteiger partial charge in [0, 0.05) is 12.8 Å². The average Bonchev–Trinajstić information content (AvgIpc) is 3.56. The van der Waals surface area contributed by atoms with Crippen LogP contribution in [0.2, 0.25) is 0 Å². The molecule has 2 heterocycles. The van der Waals surface area contributed by atoms with E-state index in [9.17, 15) is 28.8 Å². The Balaban J connectivity index is 0. The SMILES string of the molecule is CC(C)C(C)C(=O)OC1CCCCO1.CCC(C)(C)C(=O)OC(C)(C)C.CCC(C)(C)C(=O)OC(C)OCCC1CCCCC1.CCC(C)(C)C(=O)OC1(C)CCCCC1.CCC(C)(C)C(=O)OC1CCCCO1.CCC(C)C(=O)OC(C)(C)C. The fourth-order valence-corrected chi connectivity index (χ4v) is 7.94. The zero-order valence-electron chi connectivity index (χ0n) is 59.3. The van der Waals surface area contributed by atoms with Gasteiger partial charge < -0.3 is 42.6 Å². The van der Waals surface area contributed by atoms with Crippen LogP contribution in [-0.2, 0) is 71.4 Å². The minimum atomic E-state index is -0.429. The van der Waals surface area contributed by atoms with Gasteiger partial charge in [-0.3, -0.25) is 28.8 Å². The Morgan fingerprint density at radius 2 is 0.894 bits per heavy atom. The van der Waals surface area contributed by atoms with Gasteiger partial charge >= 0.3 is 35.8 Å². The summed E-state index contributed by atoms with van der Waals surface area (Å²) in [6, 6.07) is 0. The van der Waals surface area contributed by atoms with E-state index in [0.29, 0.717) is 25.7 Å². The lowest BCUT2D eigenvalue weighted by molar-refractivity contribution is -0.196. The van der Waals surface area contributed by atoms with Crippen LogP contribution in [0.4, 0.5) is 0 Å². The lowest BCUT2D eigenvalue weighted by atomic mass is 9.85. The Hall–Kier alpha value is -3.30. The number of hydrogen-bond acceptors (Lipinski definition) is 15. The highest BCUT2D eigenvalue weighted by atomic mass is 16.7. The summed E-state index contributed by atoms with van der Waals surface area (Å²) in [5.41, 5.74) is -2.40. The van der Waals surface area contributed by atoms with E-state index in [1.165, 1.54) is 51.4 Å². The van der Waals surface area contributed by atoms with E-state index in [1.807, 2.05) is 166 Å². The standard InChI is InChI=1S/C16H30O3.C13H24O2.2C11H20O3.C10H20O2.C9H18O2/c1-5-16(3,4)15(17)19-13(2)18-12-11-14-9-7-6-8-10-14;1-5-12(2,3)11(14)15-13(4)9-7-6-8-10-13;1-8(2)9(3)11(12)14-10-6-4-5-7-13-10;1-4-11(2,3)10(12)14-9-7-5-6-8-13-9;1-7-10(5,6)8(11)12-9(2,3)4;1-6-7(2)8(10)11-9(3,4)5/h13-14H,5-12H2,1-4H3;5-10H2,1-4H3;8-10H,4-7H2,1-3H3;9H,4-8H2,1-3H3;7H2,1-6H3;7H,6H2,1-5H3. The summed E-state index contributed by atoms with van der Waals surface area (Å²) in [7, 11) is 0. The molecule has 4 fully saturated rings. The molecule has 0 radical (unpaired) electrons. The van der Waals surface area contributed by atoms with Crippen LogP contribution in [-0.4, -0.2) is 91.3 Å². The van der Waals surface area contributed by atoms with E-state index in [2.05, 4.69) is 6.92 Å². The molecule has 2 saturated carbocycles. The third-order valence-electron chi connectivity index (χ3n) is 16.8. The summed E-state index contributed by atoms with van der Waals surface area (Å²) in [6.45, 7) is 50.5. The van der Waals surface area contributed by atoms with Crippen molar-refractivity contribution in [2.24, 2.45) is 45.3 Å². The Morgan fingerprint density at radius 3 is 1.31 bits per heavy atom. The van der Waals surface area contributed by atoms with Crippen molar-refractivity contribution in [3.05, 3.63) is 0 Å². The lowest BCUT2D eigenvalue weighted by Crippen LogP contribution is -2.38. The van der Waals surface area contributed by atoms with Crippen LogP contribution in [0.5, 0.6) is 0 Å². The van der Waals surface area contributed by atoms with Gasteiger partial charge in [-0.15, -0.1) is 0 Å². The van der Waals surface area contributed by atoms with Crippen LogP contribution in [0.25, 0.3) is 0 Å². The molecule has 2 aliphatic heterocycles. The molecule has 0 aromatic heterocycles. The monoisotopic (exact) mass is 1210 g/mol. The second-order valence-corrected chi connectivity index (χ2v) is 29.3. The molecule has 15 nitrogen and oxygen atoms in total. The van der Waals surface area contributed by atoms with E-state index in [1.54, 1.807) is 0 Å². The van der Waals surface area contributed by atoms with Crippen LogP contribution in [0.1, 0.15) is 314 Å². The molecule has 4 aliphatic rings. The van der Waals surface area contributed by atoms with Gasteiger partial charge in [0.25, 0.3) is 0 Å². The Kier molecular flexibility index (Phi) is 40.5. The predicted octanol–water partition coefficient (Wildman–Crippen LogP) is 18.0. The van der Waals surface area contributed by atoms with Gasteiger partial charge in [0.1, 0.15) is 16.8 Å². The van der Waals surface area contributed by atoms with Crippen molar-refractivity contribution < 1.29 is 71.4 Å². The van der Waals surface area contributed by atoms with Gasteiger partial charge in [0.05, 0.1) is 53.3 Å². The molecule has 5 atom stereocenters. The van der Waals surface area contributed by atoms with Crippen molar-refractivity contribution in [3.63, 3.8) is 0 Å². The smallest absolute Gasteiger partial charge is 0.313 e. The van der Waals surface area contributed by atoms with Crippen molar-refractivity contribution >= 4 is 35.8 Å². The van der Waals surface area contributed by atoms with E-state index < -0.39 is 11.7 Å². The van der Waals surface area contributed by atoms with Gasteiger partial charge in [-0.05, 0) is 213 Å². The third kappa shape index (κ3) is 38.7. The highest BCUT2D eigenvalue weighted by Gasteiger charge is 2.37. The number of carbonyl (C=O) groups is 6. The first kappa shape index (κ1) is 83.8. The Bertz CT molecular complexity index is 1850. The van der Waals surface area contributed by atoms with Crippen molar-refractivity contribution in [2.75, 3.05) is 19.8 Å². The third-order valence-corrected chi connectivity index (χ3v) is 16.8. The molecule has 15 heteroatoms. The topological polar surface area (TPSA) is 185 Å². The van der Waals surface area contributed by atoms with E-state index in [0.717, 1.165) is 95.8 Å². The highest BCUT2D eigenvalue weighted by Crippen LogP contribution is 2.35. The van der Waals surface area contributed by atoms with E-state index in [-0.39, 0.29) is 93.3 Å². The van der Waals surface area contributed by atoms with E-state index >= 15 is 0 Å². The molecular formula is C70H132O15. The zero-order chi connectivity index (χ0) is 66.0. The summed E-state index contributed by atoms with van der Waals surface area (Å²) in [6.07, 6.45) is 22.6. The molecule has 0 amide bonds. The van der Waals surface area contributed by atoms with Crippen LogP contribution in [0.15, 0.2) is 0 Å². The van der Waals surface area contributed by atoms with Crippen LogP contribution in [0.3, 0.4) is 0 Å². The van der Waals surface area contributed by atoms with Crippen LogP contribution >= 0.6 is 0 Å². The number of rotatable bonds is 20. The molecular weight excluding hydrogens is 1080 g/mol. The highest BCUT2D eigenvalue weighted by molar-refractivity contribution is 5.77. The van der Waals surface area contributed by atoms with Crippen molar-refractivity contribution in [3.8, 4) is 0 Å². The molecule has 0 N–H and O–H groups in total. The fourth-order valence-electron chi connectivity index (χ4n) is 7.94. The van der Waals surface area contributed by atoms with E-state index in [4.69, 9.17) is 42.6 Å². The average molecular weight is 1210 g/mol. The van der Waals surface area contributed by atoms with Crippen LogP contribution < -0.4 is 0 Å². The lowest BCUT2D eigenvalue weighted by Gasteiger charge is -2.36. The predicted molar refractivity (Wildman–Crippen MR) is 341 cm³/mol. The number of ether oxygens (including phenoxy) is 9. The van der Waals surface area contributed by atoms with Gasteiger partial charge in [0.15, 0.2) is 6.29 Å². The minimum Gasteiger partial charge on any atom is -0.460 e. The maximum atomic E-state index is 11.9. The summed E-state index contributed by atoms with van der Waals surface area (Å²) in [4.78, 5) is 69.7. The molecule has 5 unspecified atom stereocenters. The molecule has 0 aromatic rings. The molecule has 2 saturated heterocycles. The molecule has 0 bridgehead atoms. The first-order valence-corrected chi connectivity index (χ1v) is 33.2. The maximum absolute atomic E-state index is 11.9. The Morgan fingerprint density at radius 1 is 0.482 bits per heavy atom. The zero-order valence-corrected chi connectivity index (χ0v) is 59.3. The molecule has 85 heavy (non-hydrogen) atoms. The number of carbonyl (C=O) groups excluding carboxylic acids is 6. The summed E-state index contributed by atoms with van der Waals surface area (Å²) < 4.78 is 48.3. The van der Waals surface area contributed by atoms with Crippen molar-refractivity contribution in [1.82, 2.24) is 0 Å². The minimum absolute atomic E-state index is 0.0224. The molecule has 0 aromatic carbocycles. The maximum Gasteiger partial charge on any atom is 0.313 e. The second-order valence-electron chi connectivity index (χ2n) is 29.3. The first-order valence-electron chi connectivity index (χ1n) is 33.2. The summed E-state index contributed by atoms with van der Waals surface area (Å²) >= 11 is 0. The van der Waals surface area contributed by atoms with Gasteiger partial charge in [-0.2, -0.15) is 0 Å². The molecule has 2 aliphatic carbocycles. The van der Waals surface area contributed by atoms with Crippen molar-refractivity contribution in [1.29, 1.82) is 0 Å². The second kappa shape index (κ2) is 41.1. The fraction of sp³-hybridized carbons (Fsp3) is 0.914. The number of hydrogen-bond donors (Lipinski definition) is 0. The van der Waals surface area contributed by atoms with Gasteiger partial charge in [-0.1, -0.05) is 101 Å². The van der Waals surface area contributed by atoms with Gasteiger partial charge in [-0.25, -0.2) is 0 Å². The largest absolute Gasteiger partial charge is 0.460 e. The summed E-state index contributed by atoms with van der Waals surface area (Å²) in [5, 5.41) is 0. The molecule has 0 spiro atoms. The molecule has 4 rings (SSSR count). The number of esters is 6. The summed E-state index contributed by atoms with van der Waals surface area (Å²) in [5.74, 6) is 0.426. The normalized spacial score (nSPS) is 19.6. The Labute approximate surface area is 520 Å². The first-order chi connectivity index (χ1) is 39.1. The quantitative estimate of drug-likeness (QED) is 0.0636. The van der Waals surface area contributed by atoms with Crippen LogP contribution in [0, 0.1) is 45.3 Å².